The van der Waals surface area contributed by atoms with E-state index in [9.17, 15) is 13.2 Å². The van der Waals surface area contributed by atoms with Gasteiger partial charge >= 0.3 is 0 Å². The lowest BCUT2D eigenvalue weighted by Gasteiger charge is -2.05. The Hall–Kier alpha value is -1.67. The minimum absolute atomic E-state index is 0.114. The first kappa shape index (κ1) is 15.4. The first-order valence-electron chi connectivity index (χ1n) is 6.03. The second-order valence-corrected chi connectivity index (χ2v) is 6.76. The summed E-state index contributed by atoms with van der Waals surface area (Å²) in [6.07, 6.45) is 0.468. The minimum atomic E-state index is -3.42. The van der Waals surface area contributed by atoms with Crippen molar-refractivity contribution in [3.8, 4) is 6.07 Å². The summed E-state index contributed by atoms with van der Waals surface area (Å²) in [7, 11) is -3.42. The first-order valence-corrected chi connectivity index (χ1v) is 7.85. The zero-order valence-electron chi connectivity index (χ0n) is 11.1. The van der Waals surface area contributed by atoms with E-state index in [0.29, 0.717) is 5.56 Å². The third kappa shape index (κ3) is 4.84. The molecule has 4 nitrogen and oxygen atoms in total. The lowest BCUT2D eigenvalue weighted by molar-refractivity contribution is 0.102. The zero-order valence-corrected chi connectivity index (χ0v) is 12.0. The van der Waals surface area contributed by atoms with Crippen LogP contribution in [0, 0.1) is 25.2 Å². The molecule has 0 spiro atoms. The molecule has 1 aromatic rings. The molecule has 0 aliphatic rings. The van der Waals surface area contributed by atoms with Gasteiger partial charge in [-0.05, 0) is 37.5 Å². The van der Waals surface area contributed by atoms with Crippen LogP contribution in [0.1, 0.15) is 34.3 Å². The van der Waals surface area contributed by atoms with Crippen LogP contribution in [0.5, 0.6) is 0 Å². The predicted octanol–water partition coefficient (Wildman–Crippen LogP) is 2.20. The third-order valence-corrected chi connectivity index (χ3v) is 4.54. The van der Waals surface area contributed by atoms with Crippen LogP contribution in [-0.2, 0) is 9.84 Å². The summed E-state index contributed by atoms with van der Waals surface area (Å²) in [5, 5.41) is 8.37. The molecule has 0 saturated carbocycles. The average molecular weight is 279 g/mol. The fourth-order valence-electron chi connectivity index (χ4n) is 1.64. The number of hydrogen-bond acceptors (Lipinski definition) is 4. The van der Waals surface area contributed by atoms with Crippen molar-refractivity contribution in [3.05, 3.63) is 34.9 Å². The summed E-state index contributed by atoms with van der Waals surface area (Å²) in [5.41, 5.74) is 2.45. The van der Waals surface area contributed by atoms with Crippen molar-refractivity contribution in [2.24, 2.45) is 0 Å². The van der Waals surface area contributed by atoms with Gasteiger partial charge in [0.25, 0.3) is 0 Å². The fraction of sp³-hybridized carbons (Fsp3) is 0.429. The molecular formula is C14H17NO3S. The first-order chi connectivity index (χ1) is 8.85. The molecule has 0 saturated heterocycles. The molecular weight excluding hydrogens is 262 g/mol. The molecule has 5 heteroatoms. The van der Waals surface area contributed by atoms with Crippen LogP contribution < -0.4 is 0 Å². The van der Waals surface area contributed by atoms with Gasteiger partial charge in [-0.1, -0.05) is 12.1 Å². The maximum Gasteiger partial charge on any atom is 0.177 e. The maximum atomic E-state index is 11.9. The highest BCUT2D eigenvalue weighted by molar-refractivity contribution is 7.92. The molecule has 0 amide bonds. The van der Waals surface area contributed by atoms with E-state index in [1.54, 1.807) is 12.1 Å². The number of carbonyl (C=O) groups excluding carboxylic acids is 1. The maximum absolute atomic E-state index is 11.9. The molecule has 0 bridgehead atoms. The highest BCUT2D eigenvalue weighted by atomic mass is 32.2. The molecule has 0 atom stereocenters. The third-order valence-electron chi connectivity index (χ3n) is 2.92. The van der Waals surface area contributed by atoms with Crippen molar-refractivity contribution < 1.29 is 13.2 Å². The number of ketones is 1. The molecule has 0 aliphatic heterocycles. The normalized spacial score (nSPS) is 11.0. The van der Waals surface area contributed by atoms with E-state index < -0.39 is 15.6 Å². The molecule has 0 aliphatic carbocycles. The average Bonchev–Trinajstić information content (AvgIpc) is 2.32. The SMILES string of the molecule is Cc1ccc(C(=O)CS(=O)(=O)CCCC#N)cc1C. The number of sulfone groups is 1. The van der Waals surface area contributed by atoms with Gasteiger partial charge in [0.1, 0.15) is 5.75 Å². The molecule has 0 radical (unpaired) electrons. The highest BCUT2D eigenvalue weighted by Gasteiger charge is 2.18. The van der Waals surface area contributed by atoms with Crippen molar-refractivity contribution >= 4 is 15.6 Å². The van der Waals surface area contributed by atoms with Crippen molar-refractivity contribution in [1.82, 2.24) is 0 Å². The van der Waals surface area contributed by atoms with Crippen LogP contribution in [0.2, 0.25) is 0 Å². The van der Waals surface area contributed by atoms with E-state index in [1.165, 1.54) is 0 Å². The lowest BCUT2D eigenvalue weighted by Crippen LogP contribution is -2.19. The Balaban J connectivity index is 2.74. The van der Waals surface area contributed by atoms with E-state index in [-0.39, 0.29) is 24.4 Å². The van der Waals surface area contributed by atoms with Gasteiger partial charge in [-0.25, -0.2) is 8.42 Å². The second-order valence-electron chi connectivity index (χ2n) is 4.58. The topological polar surface area (TPSA) is 75.0 Å². The lowest BCUT2D eigenvalue weighted by atomic mass is 10.0. The molecule has 0 heterocycles. The summed E-state index contributed by atoms with van der Waals surface area (Å²) in [6, 6.07) is 7.06. The number of benzene rings is 1. The van der Waals surface area contributed by atoms with E-state index in [0.717, 1.165) is 11.1 Å². The molecule has 102 valence electrons. The predicted molar refractivity (Wildman–Crippen MR) is 73.7 cm³/mol. The Labute approximate surface area is 114 Å². The molecule has 1 aromatic carbocycles. The summed E-state index contributed by atoms with van der Waals surface area (Å²) in [4.78, 5) is 11.9. The van der Waals surface area contributed by atoms with Gasteiger partial charge in [-0.15, -0.1) is 0 Å². The Kier molecular flexibility index (Phi) is 5.25. The second kappa shape index (κ2) is 6.48. The smallest absolute Gasteiger partial charge is 0.177 e. The fourth-order valence-corrected chi connectivity index (χ4v) is 2.94. The Morgan fingerprint density at radius 1 is 1.26 bits per heavy atom. The number of nitrogens with zero attached hydrogens (tertiary/aromatic N) is 1. The summed E-state index contributed by atoms with van der Waals surface area (Å²) in [5.74, 6) is -0.988. The van der Waals surface area contributed by atoms with Crippen LogP contribution in [-0.4, -0.2) is 25.7 Å². The van der Waals surface area contributed by atoms with Crippen molar-refractivity contribution in [1.29, 1.82) is 5.26 Å². The number of hydrogen-bond donors (Lipinski definition) is 0. The molecule has 0 aromatic heterocycles. The van der Waals surface area contributed by atoms with Gasteiger partial charge in [0.05, 0.1) is 11.8 Å². The minimum Gasteiger partial charge on any atom is -0.293 e. The van der Waals surface area contributed by atoms with E-state index in [1.807, 2.05) is 26.0 Å². The van der Waals surface area contributed by atoms with Crippen molar-refractivity contribution in [2.75, 3.05) is 11.5 Å². The molecule has 0 unspecified atom stereocenters. The van der Waals surface area contributed by atoms with Gasteiger partial charge < -0.3 is 0 Å². The van der Waals surface area contributed by atoms with Crippen LogP contribution in [0.3, 0.4) is 0 Å². The molecule has 1 rings (SSSR count). The van der Waals surface area contributed by atoms with Crippen LogP contribution in [0.25, 0.3) is 0 Å². The summed E-state index contributed by atoms with van der Waals surface area (Å²) in [6.45, 7) is 3.82. The Morgan fingerprint density at radius 3 is 2.53 bits per heavy atom. The number of rotatable bonds is 6. The monoisotopic (exact) mass is 279 g/mol. The zero-order chi connectivity index (χ0) is 14.5. The van der Waals surface area contributed by atoms with E-state index >= 15 is 0 Å². The molecule has 0 fully saturated rings. The summed E-state index contributed by atoms with van der Waals surface area (Å²) < 4.78 is 23.4. The van der Waals surface area contributed by atoms with Gasteiger partial charge in [0, 0.05) is 12.0 Å². The largest absolute Gasteiger partial charge is 0.293 e. The van der Waals surface area contributed by atoms with Gasteiger partial charge in [-0.3, -0.25) is 4.79 Å². The molecule has 0 N–H and O–H groups in total. The van der Waals surface area contributed by atoms with Crippen molar-refractivity contribution in [3.63, 3.8) is 0 Å². The van der Waals surface area contributed by atoms with Gasteiger partial charge in [-0.2, -0.15) is 5.26 Å². The highest BCUT2D eigenvalue weighted by Crippen LogP contribution is 2.11. The number of nitriles is 1. The van der Waals surface area contributed by atoms with Gasteiger partial charge in [0.2, 0.25) is 0 Å². The summed E-state index contributed by atoms with van der Waals surface area (Å²) >= 11 is 0. The standard InChI is InChI=1S/C14H17NO3S/c1-11-5-6-13(9-12(11)2)14(16)10-19(17,18)8-4-3-7-15/h5-6,9H,3-4,8,10H2,1-2H3. The Morgan fingerprint density at radius 2 is 1.95 bits per heavy atom. The number of aryl methyl sites for hydroxylation is 2. The van der Waals surface area contributed by atoms with Crippen molar-refractivity contribution in [2.45, 2.75) is 26.7 Å². The number of Topliss-reactive ketones (excluding diaryl/α,β-unsaturated/α-hetero) is 1. The van der Waals surface area contributed by atoms with E-state index in [4.69, 9.17) is 5.26 Å². The quantitative estimate of drug-likeness (QED) is 0.591. The number of carbonyl (C=O) groups is 1. The van der Waals surface area contributed by atoms with Crippen LogP contribution >= 0.6 is 0 Å². The molecule has 19 heavy (non-hydrogen) atoms. The number of unbranched alkanes of at least 4 members (excludes halogenated alkanes) is 1. The Bertz CT molecular complexity index is 612. The van der Waals surface area contributed by atoms with E-state index in [2.05, 4.69) is 0 Å². The van der Waals surface area contributed by atoms with Crippen LogP contribution in [0.15, 0.2) is 18.2 Å². The van der Waals surface area contributed by atoms with Crippen LogP contribution in [0.4, 0.5) is 0 Å². The van der Waals surface area contributed by atoms with Gasteiger partial charge in [0.15, 0.2) is 15.6 Å².